The van der Waals surface area contributed by atoms with Crippen LogP contribution in [-0.2, 0) is 4.74 Å². The summed E-state index contributed by atoms with van der Waals surface area (Å²) in [6, 6.07) is 0.260. The van der Waals surface area contributed by atoms with Crippen molar-refractivity contribution in [2.45, 2.75) is 19.4 Å². The zero-order chi connectivity index (χ0) is 11.5. The Morgan fingerprint density at radius 1 is 1.81 bits per heavy atom. The number of carboxylic acid groups (broad SMARTS) is 1. The minimum Gasteiger partial charge on any atom is -0.476 e. The monoisotopic (exact) mass is 242 g/mol. The number of aromatic carboxylic acids is 1. The minimum atomic E-state index is -0.985. The third-order valence-corrected chi connectivity index (χ3v) is 3.52. The number of nitrogens with one attached hydrogen (secondary N) is 1. The van der Waals surface area contributed by atoms with Gasteiger partial charge in [-0.25, -0.2) is 9.78 Å². The van der Waals surface area contributed by atoms with Crippen LogP contribution in [0.1, 0.15) is 23.8 Å². The molecule has 1 saturated heterocycles. The predicted molar refractivity (Wildman–Crippen MR) is 61.1 cm³/mol. The number of hydrogen-bond acceptors (Lipinski definition) is 5. The van der Waals surface area contributed by atoms with Crippen LogP contribution >= 0.6 is 11.3 Å². The molecule has 0 aliphatic carbocycles. The van der Waals surface area contributed by atoms with Gasteiger partial charge in [-0.3, -0.25) is 0 Å². The van der Waals surface area contributed by atoms with Crippen LogP contribution in [0.3, 0.4) is 0 Å². The number of thiazole rings is 1. The van der Waals surface area contributed by atoms with Gasteiger partial charge in [0.1, 0.15) is 0 Å². The van der Waals surface area contributed by atoms with E-state index in [1.54, 1.807) is 5.38 Å². The Hall–Kier alpha value is -1.14. The first-order valence-corrected chi connectivity index (χ1v) is 6.08. The van der Waals surface area contributed by atoms with E-state index in [2.05, 4.69) is 17.2 Å². The standard InChI is InChI=1S/C10H14N2O3S/c1-6(7-2-3-15-4-7)11-10-12-8(5-16-10)9(13)14/h5-7H,2-4H2,1H3,(H,11,12)(H,13,14). The van der Waals surface area contributed by atoms with Gasteiger partial charge in [-0.05, 0) is 13.3 Å². The number of hydrogen-bond donors (Lipinski definition) is 2. The van der Waals surface area contributed by atoms with Crippen LogP contribution in [0, 0.1) is 5.92 Å². The average Bonchev–Trinajstić information content (AvgIpc) is 2.87. The molecule has 1 aromatic rings. The highest BCUT2D eigenvalue weighted by Crippen LogP contribution is 2.22. The van der Waals surface area contributed by atoms with E-state index >= 15 is 0 Å². The lowest BCUT2D eigenvalue weighted by Crippen LogP contribution is -2.26. The Bertz CT molecular complexity index is 374. The minimum absolute atomic E-state index is 0.0994. The topological polar surface area (TPSA) is 71.5 Å². The molecule has 0 amide bonds. The summed E-state index contributed by atoms with van der Waals surface area (Å²) in [6.07, 6.45) is 1.05. The van der Waals surface area contributed by atoms with Gasteiger partial charge in [0, 0.05) is 23.9 Å². The molecular weight excluding hydrogens is 228 g/mol. The molecule has 1 aliphatic heterocycles. The molecule has 5 nitrogen and oxygen atoms in total. The first-order valence-electron chi connectivity index (χ1n) is 5.20. The van der Waals surface area contributed by atoms with Crippen molar-refractivity contribution < 1.29 is 14.6 Å². The zero-order valence-corrected chi connectivity index (χ0v) is 9.79. The average molecular weight is 242 g/mol. The van der Waals surface area contributed by atoms with Crippen LogP contribution in [0.4, 0.5) is 5.13 Å². The van der Waals surface area contributed by atoms with Gasteiger partial charge in [0.05, 0.1) is 6.61 Å². The lowest BCUT2D eigenvalue weighted by Gasteiger charge is -2.18. The van der Waals surface area contributed by atoms with Crippen molar-refractivity contribution in [3.63, 3.8) is 0 Å². The SMILES string of the molecule is CC(Nc1nc(C(=O)O)cs1)C1CCOC1. The molecule has 0 aromatic carbocycles. The van der Waals surface area contributed by atoms with E-state index in [0.29, 0.717) is 11.0 Å². The van der Waals surface area contributed by atoms with Gasteiger partial charge in [-0.2, -0.15) is 0 Å². The predicted octanol–water partition coefficient (Wildman–Crippen LogP) is 1.68. The summed E-state index contributed by atoms with van der Waals surface area (Å²) >= 11 is 1.32. The molecule has 1 aromatic heterocycles. The second-order valence-corrected chi connectivity index (χ2v) is 4.76. The lowest BCUT2D eigenvalue weighted by atomic mass is 10.0. The highest BCUT2D eigenvalue weighted by Gasteiger charge is 2.23. The van der Waals surface area contributed by atoms with Crippen molar-refractivity contribution in [1.82, 2.24) is 4.98 Å². The van der Waals surface area contributed by atoms with Crippen molar-refractivity contribution in [3.05, 3.63) is 11.1 Å². The Labute approximate surface area is 97.5 Å². The quantitative estimate of drug-likeness (QED) is 0.840. The summed E-state index contributed by atoms with van der Waals surface area (Å²) in [5.41, 5.74) is 0.0994. The number of rotatable bonds is 4. The molecule has 16 heavy (non-hydrogen) atoms. The Kier molecular flexibility index (Phi) is 3.40. The number of aromatic nitrogens is 1. The largest absolute Gasteiger partial charge is 0.476 e. The van der Waals surface area contributed by atoms with E-state index in [4.69, 9.17) is 9.84 Å². The summed E-state index contributed by atoms with van der Waals surface area (Å²) in [7, 11) is 0. The number of ether oxygens (including phenoxy) is 1. The van der Waals surface area contributed by atoms with Crippen LogP contribution < -0.4 is 5.32 Å². The molecule has 1 fully saturated rings. The van der Waals surface area contributed by atoms with E-state index < -0.39 is 5.97 Å². The van der Waals surface area contributed by atoms with Crippen molar-refractivity contribution in [1.29, 1.82) is 0 Å². The van der Waals surface area contributed by atoms with Gasteiger partial charge in [-0.15, -0.1) is 11.3 Å². The summed E-state index contributed by atoms with van der Waals surface area (Å²) < 4.78 is 5.31. The number of carbonyl (C=O) groups is 1. The molecule has 2 heterocycles. The fraction of sp³-hybridized carbons (Fsp3) is 0.600. The van der Waals surface area contributed by atoms with Gasteiger partial charge >= 0.3 is 5.97 Å². The molecular formula is C10H14N2O3S. The maximum absolute atomic E-state index is 10.7. The molecule has 0 radical (unpaired) electrons. The highest BCUT2D eigenvalue weighted by atomic mass is 32.1. The first kappa shape index (κ1) is 11.3. The fourth-order valence-electron chi connectivity index (χ4n) is 1.70. The molecule has 2 unspecified atom stereocenters. The van der Waals surface area contributed by atoms with E-state index in [9.17, 15) is 4.79 Å². The molecule has 88 valence electrons. The summed E-state index contributed by atoms with van der Waals surface area (Å²) in [5, 5.41) is 14.2. The van der Waals surface area contributed by atoms with E-state index in [0.717, 1.165) is 19.6 Å². The van der Waals surface area contributed by atoms with Crippen LogP contribution in [-0.4, -0.2) is 35.3 Å². The third-order valence-electron chi connectivity index (χ3n) is 2.75. The summed E-state index contributed by atoms with van der Waals surface area (Å²) in [5.74, 6) is -0.502. The Balaban J connectivity index is 1.94. The van der Waals surface area contributed by atoms with Crippen molar-refractivity contribution in [2.75, 3.05) is 18.5 Å². The molecule has 0 bridgehead atoms. The second-order valence-electron chi connectivity index (χ2n) is 3.90. The van der Waals surface area contributed by atoms with Crippen LogP contribution in [0.15, 0.2) is 5.38 Å². The van der Waals surface area contributed by atoms with Crippen molar-refractivity contribution in [2.24, 2.45) is 5.92 Å². The van der Waals surface area contributed by atoms with Crippen molar-refractivity contribution in [3.8, 4) is 0 Å². The molecule has 2 N–H and O–H groups in total. The number of nitrogens with zero attached hydrogens (tertiary/aromatic N) is 1. The van der Waals surface area contributed by atoms with Crippen LogP contribution in [0.5, 0.6) is 0 Å². The van der Waals surface area contributed by atoms with Gasteiger partial charge in [0.15, 0.2) is 10.8 Å². The smallest absolute Gasteiger partial charge is 0.355 e. The maximum Gasteiger partial charge on any atom is 0.355 e. The van der Waals surface area contributed by atoms with Gasteiger partial charge < -0.3 is 15.2 Å². The second kappa shape index (κ2) is 4.80. The molecule has 2 rings (SSSR count). The van der Waals surface area contributed by atoms with E-state index in [-0.39, 0.29) is 11.7 Å². The molecule has 6 heteroatoms. The Morgan fingerprint density at radius 2 is 2.62 bits per heavy atom. The number of anilines is 1. The number of carboxylic acids is 1. The van der Waals surface area contributed by atoms with E-state index in [1.165, 1.54) is 11.3 Å². The van der Waals surface area contributed by atoms with Gasteiger partial charge in [0.25, 0.3) is 0 Å². The molecule has 0 saturated carbocycles. The zero-order valence-electron chi connectivity index (χ0n) is 8.97. The van der Waals surface area contributed by atoms with Crippen LogP contribution in [0.2, 0.25) is 0 Å². The van der Waals surface area contributed by atoms with Crippen LogP contribution in [0.25, 0.3) is 0 Å². The Morgan fingerprint density at radius 3 is 3.19 bits per heavy atom. The molecule has 2 atom stereocenters. The summed E-state index contributed by atoms with van der Waals surface area (Å²) in [6.45, 7) is 3.65. The maximum atomic E-state index is 10.7. The van der Waals surface area contributed by atoms with Crippen molar-refractivity contribution >= 4 is 22.4 Å². The normalized spacial score (nSPS) is 21.9. The highest BCUT2D eigenvalue weighted by molar-refractivity contribution is 7.13. The van der Waals surface area contributed by atoms with Gasteiger partial charge in [0.2, 0.25) is 0 Å². The molecule has 1 aliphatic rings. The van der Waals surface area contributed by atoms with Gasteiger partial charge in [-0.1, -0.05) is 0 Å². The first-order chi connectivity index (χ1) is 7.66. The summed E-state index contributed by atoms with van der Waals surface area (Å²) in [4.78, 5) is 14.6. The van der Waals surface area contributed by atoms with E-state index in [1.807, 2.05) is 0 Å². The molecule has 0 spiro atoms. The third kappa shape index (κ3) is 2.51. The lowest BCUT2D eigenvalue weighted by molar-refractivity contribution is 0.0691. The fourth-order valence-corrected chi connectivity index (χ4v) is 2.48.